The molecule has 2 atom stereocenters. The van der Waals surface area contributed by atoms with E-state index in [1.807, 2.05) is 0 Å². The highest BCUT2D eigenvalue weighted by Crippen LogP contribution is 2.32. The quantitative estimate of drug-likeness (QED) is 0.516. The molecule has 1 aliphatic heterocycles. The van der Waals surface area contributed by atoms with E-state index < -0.39 is 11.9 Å². The van der Waals surface area contributed by atoms with Gasteiger partial charge in [-0.15, -0.1) is 0 Å². The lowest BCUT2D eigenvalue weighted by Crippen LogP contribution is -2.39. The Morgan fingerprint density at radius 1 is 0.912 bits per heavy atom. The minimum absolute atomic E-state index is 0.134. The Hall–Kier alpha value is -2.70. The summed E-state index contributed by atoms with van der Waals surface area (Å²) in [6.45, 7) is 15.5. The minimum Gasteiger partial charge on any atom is -0.473 e. The van der Waals surface area contributed by atoms with Gasteiger partial charge in [0.05, 0.1) is 18.8 Å². The van der Waals surface area contributed by atoms with Crippen LogP contribution in [-0.4, -0.2) is 34.8 Å². The van der Waals surface area contributed by atoms with Crippen LogP contribution >= 0.6 is 0 Å². The van der Waals surface area contributed by atoms with E-state index in [-0.39, 0.29) is 23.0 Å². The topological polar surface area (TPSA) is 95.9 Å². The first-order valence-electron chi connectivity index (χ1n) is 11.8. The summed E-state index contributed by atoms with van der Waals surface area (Å²) in [7, 11) is 0. The van der Waals surface area contributed by atoms with Crippen molar-refractivity contribution in [2.75, 3.05) is 6.54 Å². The van der Waals surface area contributed by atoms with Gasteiger partial charge in [-0.3, -0.25) is 0 Å². The highest BCUT2D eigenvalue weighted by atomic mass is 16.5. The Labute approximate surface area is 203 Å². The predicted octanol–water partition coefficient (Wildman–Crippen LogP) is 5.45. The zero-order valence-electron chi connectivity index (χ0n) is 21.2. The van der Waals surface area contributed by atoms with Crippen LogP contribution in [0.2, 0.25) is 0 Å². The number of ether oxygens (including phenoxy) is 1. The zero-order chi connectivity index (χ0) is 25.5. The first-order chi connectivity index (χ1) is 15.8. The van der Waals surface area contributed by atoms with Gasteiger partial charge in [0.1, 0.15) is 0 Å². The van der Waals surface area contributed by atoms with Crippen molar-refractivity contribution in [3.8, 4) is 0 Å². The number of hydrogen-bond acceptors (Lipinski definition) is 4. The molecule has 6 nitrogen and oxygen atoms in total. The third-order valence-electron chi connectivity index (χ3n) is 5.93. The number of nitrogens with one attached hydrogen (secondary N) is 1. The molecule has 2 aromatic carbocycles. The van der Waals surface area contributed by atoms with Crippen molar-refractivity contribution in [1.82, 2.24) is 5.32 Å². The Bertz CT molecular complexity index is 913. The molecule has 0 saturated carbocycles. The van der Waals surface area contributed by atoms with Gasteiger partial charge in [0.2, 0.25) is 0 Å². The molecule has 0 spiro atoms. The molecule has 1 fully saturated rings. The maximum Gasteiger partial charge on any atom is 0.414 e. The predicted molar refractivity (Wildman–Crippen MR) is 134 cm³/mol. The fraction of sp³-hybridized carbons (Fsp3) is 0.500. The van der Waals surface area contributed by atoms with Gasteiger partial charge in [-0.05, 0) is 52.5 Å². The van der Waals surface area contributed by atoms with Crippen molar-refractivity contribution in [1.29, 1.82) is 0 Å². The van der Waals surface area contributed by atoms with E-state index in [1.165, 1.54) is 28.7 Å². The summed E-state index contributed by atoms with van der Waals surface area (Å²) in [6, 6.07) is 18.0. The van der Waals surface area contributed by atoms with Crippen LogP contribution in [0.4, 0.5) is 0 Å². The maximum atomic E-state index is 9.10. The van der Waals surface area contributed by atoms with Crippen molar-refractivity contribution in [2.45, 2.75) is 84.0 Å². The lowest BCUT2D eigenvalue weighted by Gasteiger charge is -2.33. The van der Waals surface area contributed by atoms with Crippen molar-refractivity contribution in [3.63, 3.8) is 0 Å². The summed E-state index contributed by atoms with van der Waals surface area (Å²) >= 11 is 0. The van der Waals surface area contributed by atoms with Crippen molar-refractivity contribution >= 4 is 11.9 Å². The number of benzene rings is 2. The molecule has 0 radical (unpaired) electrons. The van der Waals surface area contributed by atoms with Crippen LogP contribution in [0.5, 0.6) is 0 Å². The normalized spacial score (nSPS) is 18.5. The van der Waals surface area contributed by atoms with Gasteiger partial charge in [-0.1, -0.05) is 90.1 Å². The van der Waals surface area contributed by atoms with E-state index >= 15 is 0 Å². The standard InChI is InChI=1S/C26H37NO.C2H2O4/c1-25(2,3)21-15-19(16-22(17-21)26(4,5)6)18-28-23-13-10-14-27-24(23)20-11-8-7-9-12-20;3-1(4)2(5)6/h7-9,11-12,15-17,23-24,27H,10,13-14,18H2,1-6H3;(H,3,4)(H,5,6). The van der Waals surface area contributed by atoms with Crippen molar-refractivity contribution < 1.29 is 24.5 Å². The number of aliphatic carboxylic acids is 2. The molecule has 34 heavy (non-hydrogen) atoms. The minimum atomic E-state index is -1.82. The smallest absolute Gasteiger partial charge is 0.414 e. The second-order valence-corrected chi connectivity index (χ2v) is 10.9. The number of rotatable bonds is 4. The van der Waals surface area contributed by atoms with Gasteiger partial charge in [-0.2, -0.15) is 0 Å². The third-order valence-corrected chi connectivity index (χ3v) is 5.93. The van der Waals surface area contributed by atoms with Crippen LogP contribution in [0, 0.1) is 0 Å². The summed E-state index contributed by atoms with van der Waals surface area (Å²) in [5.74, 6) is -3.65. The van der Waals surface area contributed by atoms with Gasteiger partial charge >= 0.3 is 11.9 Å². The lowest BCUT2D eigenvalue weighted by atomic mass is 9.79. The van der Waals surface area contributed by atoms with E-state index in [0.29, 0.717) is 6.61 Å². The summed E-state index contributed by atoms with van der Waals surface area (Å²) in [5.41, 5.74) is 5.66. The first-order valence-corrected chi connectivity index (χ1v) is 11.8. The van der Waals surface area contributed by atoms with E-state index in [1.54, 1.807) is 0 Å². The summed E-state index contributed by atoms with van der Waals surface area (Å²) < 4.78 is 6.51. The Morgan fingerprint density at radius 3 is 1.91 bits per heavy atom. The Kier molecular flexibility index (Phi) is 9.42. The molecule has 2 unspecified atom stereocenters. The molecule has 6 heteroatoms. The average Bonchev–Trinajstić information content (AvgIpc) is 2.77. The highest BCUT2D eigenvalue weighted by molar-refractivity contribution is 6.27. The molecule has 186 valence electrons. The van der Waals surface area contributed by atoms with Gasteiger partial charge in [-0.25, -0.2) is 9.59 Å². The SMILES string of the molecule is CC(C)(C)c1cc(COC2CCCNC2c2ccccc2)cc(C(C)(C)C)c1.O=C(O)C(=O)O. The number of carboxylic acids is 2. The van der Waals surface area contributed by atoms with Gasteiger partial charge in [0, 0.05) is 0 Å². The Morgan fingerprint density at radius 2 is 1.44 bits per heavy atom. The van der Waals surface area contributed by atoms with Gasteiger partial charge in [0.25, 0.3) is 0 Å². The molecule has 3 rings (SSSR count). The molecule has 0 bridgehead atoms. The second-order valence-electron chi connectivity index (χ2n) is 10.9. The zero-order valence-corrected chi connectivity index (χ0v) is 21.2. The second kappa shape index (κ2) is 11.6. The monoisotopic (exact) mass is 469 g/mol. The average molecular weight is 470 g/mol. The molecular weight excluding hydrogens is 430 g/mol. The fourth-order valence-corrected chi connectivity index (χ4v) is 3.88. The van der Waals surface area contributed by atoms with Crippen LogP contribution in [-0.2, 0) is 31.8 Å². The fourth-order valence-electron chi connectivity index (χ4n) is 3.88. The van der Waals surface area contributed by atoms with Crippen molar-refractivity contribution in [3.05, 3.63) is 70.8 Å². The number of carbonyl (C=O) groups is 2. The Balaban J connectivity index is 0.000000604. The van der Waals surface area contributed by atoms with Crippen LogP contribution < -0.4 is 5.32 Å². The third kappa shape index (κ3) is 8.26. The molecule has 0 amide bonds. The van der Waals surface area contributed by atoms with E-state index in [9.17, 15) is 0 Å². The number of piperidine rings is 1. The number of carboxylic acid groups (broad SMARTS) is 2. The molecule has 1 heterocycles. The lowest BCUT2D eigenvalue weighted by molar-refractivity contribution is -0.159. The number of hydrogen-bond donors (Lipinski definition) is 3. The van der Waals surface area contributed by atoms with Crippen LogP contribution in [0.1, 0.15) is 82.7 Å². The molecule has 2 aromatic rings. The summed E-state index contributed by atoms with van der Waals surface area (Å²) in [5, 5.41) is 18.5. The van der Waals surface area contributed by atoms with Crippen LogP contribution in [0.15, 0.2) is 48.5 Å². The molecular formula is C28H39NO5. The van der Waals surface area contributed by atoms with Gasteiger partial charge < -0.3 is 20.3 Å². The van der Waals surface area contributed by atoms with Gasteiger partial charge in [0.15, 0.2) is 0 Å². The van der Waals surface area contributed by atoms with Crippen LogP contribution in [0.25, 0.3) is 0 Å². The van der Waals surface area contributed by atoms with Crippen LogP contribution in [0.3, 0.4) is 0 Å². The van der Waals surface area contributed by atoms with E-state index in [4.69, 9.17) is 24.5 Å². The van der Waals surface area contributed by atoms with E-state index in [0.717, 1.165) is 13.0 Å². The molecule has 1 saturated heterocycles. The molecule has 0 aromatic heterocycles. The molecule has 1 aliphatic rings. The highest BCUT2D eigenvalue weighted by Gasteiger charge is 2.27. The largest absolute Gasteiger partial charge is 0.473 e. The molecule has 3 N–H and O–H groups in total. The van der Waals surface area contributed by atoms with E-state index in [2.05, 4.69) is 95.4 Å². The first kappa shape index (κ1) is 27.5. The molecule has 0 aliphatic carbocycles. The maximum absolute atomic E-state index is 9.10. The summed E-state index contributed by atoms with van der Waals surface area (Å²) in [6.07, 6.45) is 2.49. The van der Waals surface area contributed by atoms with Crippen molar-refractivity contribution in [2.24, 2.45) is 0 Å². The summed E-state index contributed by atoms with van der Waals surface area (Å²) in [4.78, 5) is 18.2.